The van der Waals surface area contributed by atoms with Crippen LogP contribution in [-0.4, -0.2) is 69.3 Å². The first-order valence-corrected chi connectivity index (χ1v) is 9.45. The molecule has 2 fully saturated rings. The molecule has 2 aliphatic rings. The molecule has 1 aromatic rings. The van der Waals surface area contributed by atoms with Gasteiger partial charge in [-0.2, -0.15) is 0 Å². The Morgan fingerprint density at radius 2 is 2.14 bits per heavy atom. The molecule has 2 saturated heterocycles. The van der Waals surface area contributed by atoms with Crippen molar-refractivity contribution in [3.63, 3.8) is 0 Å². The van der Waals surface area contributed by atoms with E-state index in [0.29, 0.717) is 6.04 Å². The number of likely N-dealkylation sites (N-methyl/N-ethyl adjacent to an activating group) is 1. The molecule has 0 radical (unpaired) electrons. The van der Waals surface area contributed by atoms with Crippen molar-refractivity contribution in [2.24, 2.45) is 5.92 Å². The molecule has 1 unspecified atom stereocenters. The molecule has 2 aliphatic heterocycles. The molecule has 3 rings (SSSR count). The highest BCUT2D eigenvalue weighted by molar-refractivity contribution is 7.10. The van der Waals surface area contributed by atoms with Gasteiger partial charge in [0.2, 0.25) is 0 Å². The lowest BCUT2D eigenvalue weighted by atomic mass is 9.97. The van der Waals surface area contributed by atoms with Gasteiger partial charge in [-0.15, -0.1) is 11.3 Å². The van der Waals surface area contributed by atoms with Crippen molar-refractivity contribution >= 4 is 11.3 Å². The lowest BCUT2D eigenvalue weighted by molar-refractivity contribution is 0.00897. The summed E-state index contributed by atoms with van der Waals surface area (Å²) in [5.41, 5.74) is 0. The first-order valence-electron chi connectivity index (χ1n) is 8.57. The number of rotatable bonds is 6. The summed E-state index contributed by atoms with van der Waals surface area (Å²) < 4.78 is 5.53. The fraction of sp³-hybridized carbons (Fsp3) is 0.765. The zero-order valence-corrected chi connectivity index (χ0v) is 14.5. The number of nitrogens with one attached hydrogen (secondary N) is 1. The van der Waals surface area contributed by atoms with Crippen LogP contribution in [0.25, 0.3) is 0 Å². The Bertz CT molecular complexity index is 414. The molecule has 4 nitrogen and oxygen atoms in total. The van der Waals surface area contributed by atoms with E-state index in [0.717, 1.165) is 38.8 Å². The fourth-order valence-electron chi connectivity index (χ4n) is 3.63. The molecule has 0 spiro atoms. The topological polar surface area (TPSA) is 27.7 Å². The minimum absolute atomic E-state index is 0.524. The van der Waals surface area contributed by atoms with Gasteiger partial charge in [0.1, 0.15) is 0 Å². The van der Waals surface area contributed by atoms with E-state index >= 15 is 0 Å². The van der Waals surface area contributed by atoms with E-state index in [-0.39, 0.29) is 0 Å². The fourth-order valence-corrected chi connectivity index (χ4v) is 4.48. The maximum atomic E-state index is 5.53. The number of morpholine rings is 1. The molecule has 0 amide bonds. The second kappa shape index (κ2) is 8.41. The third-order valence-corrected chi connectivity index (χ3v) is 5.84. The number of hydrogen-bond acceptors (Lipinski definition) is 5. The highest BCUT2D eigenvalue weighted by atomic mass is 32.1. The van der Waals surface area contributed by atoms with Gasteiger partial charge in [-0.25, -0.2) is 0 Å². The molecular weight excluding hydrogens is 294 g/mol. The van der Waals surface area contributed by atoms with E-state index in [4.69, 9.17) is 4.74 Å². The summed E-state index contributed by atoms with van der Waals surface area (Å²) in [5, 5.41) is 5.67. The van der Waals surface area contributed by atoms with Crippen molar-refractivity contribution in [2.75, 3.05) is 59.5 Å². The van der Waals surface area contributed by atoms with Gasteiger partial charge in [-0.05, 0) is 50.3 Å². The maximum Gasteiger partial charge on any atom is 0.0594 e. The molecular formula is C17H29N3OS. The molecule has 22 heavy (non-hydrogen) atoms. The lowest BCUT2D eigenvalue weighted by Crippen LogP contribution is -2.44. The minimum Gasteiger partial charge on any atom is -0.379 e. The number of ether oxygens (including phenoxy) is 1. The Balaban J connectivity index is 1.59. The average Bonchev–Trinajstić information content (AvgIpc) is 3.08. The average molecular weight is 324 g/mol. The van der Waals surface area contributed by atoms with Crippen LogP contribution in [-0.2, 0) is 4.74 Å². The summed E-state index contributed by atoms with van der Waals surface area (Å²) in [5.74, 6) is 0.861. The summed E-state index contributed by atoms with van der Waals surface area (Å²) >= 11 is 1.89. The van der Waals surface area contributed by atoms with E-state index in [2.05, 4.69) is 39.7 Å². The Hall–Kier alpha value is -0.460. The molecule has 1 aromatic heterocycles. The van der Waals surface area contributed by atoms with Crippen molar-refractivity contribution in [1.29, 1.82) is 0 Å². The number of piperidine rings is 1. The Kier molecular flexibility index (Phi) is 6.27. The second-order valence-corrected chi connectivity index (χ2v) is 7.57. The van der Waals surface area contributed by atoms with E-state index in [1.165, 1.54) is 37.4 Å². The predicted octanol–water partition coefficient (Wildman–Crippen LogP) is 2.05. The zero-order valence-electron chi connectivity index (χ0n) is 13.7. The van der Waals surface area contributed by atoms with Crippen molar-refractivity contribution < 1.29 is 4.74 Å². The van der Waals surface area contributed by atoms with Crippen LogP contribution in [0.3, 0.4) is 0 Å². The van der Waals surface area contributed by atoms with Crippen molar-refractivity contribution in [2.45, 2.75) is 18.9 Å². The molecule has 124 valence electrons. The van der Waals surface area contributed by atoms with Crippen molar-refractivity contribution in [1.82, 2.24) is 15.1 Å². The van der Waals surface area contributed by atoms with E-state index < -0.39 is 0 Å². The van der Waals surface area contributed by atoms with Gasteiger partial charge in [-0.1, -0.05) is 6.07 Å². The highest BCUT2D eigenvalue weighted by Gasteiger charge is 2.25. The Morgan fingerprint density at radius 1 is 1.36 bits per heavy atom. The zero-order chi connectivity index (χ0) is 15.2. The smallest absolute Gasteiger partial charge is 0.0594 e. The van der Waals surface area contributed by atoms with Crippen LogP contribution in [0, 0.1) is 5.92 Å². The third-order valence-electron chi connectivity index (χ3n) is 4.87. The van der Waals surface area contributed by atoms with Crippen LogP contribution in [0.4, 0.5) is 0 Å². The SMILES string of the molecule is CN(CC1CCNCC1)CC(c1cccs1)N1CCOCC1. The van der Waals surface area contributed by atoms with Gasteiger partial charge >= 0.3 is 0 Å². The summed E-state index contributed by atoms with van der Waals surface area (Å²) in [7, 11) is 2.29. The van der Waals surface area contributed by atoms with Crippen molar-refractivity contribution in [3.05, 3.63) is 22.4 Å². The molecule has 0 saturated carbocycles. The first-order chi connectivity index (χ1) is 10.8. The summed E-state index contributed by atoms with van der Waals surface area (Å²) in [6.07, 6.45) is 2.65. The molecule has 3 heterocycles. The van der Waals surface area contributed by atoms with E-state index in [1.54, 1.807) is 0 Å². The molecule has 0 aromatic carbocycles. The van der Waals surface area contributed by atoms with Crippen molar-refractivity contribution in [3.8, 4) is 0 Å². The van der Waals surface area contributed by atoms with E-state index in [9.17, 15) is 0 Å². The van der Waals surface area contributed by atoms with Crippen LogP contribution >= 0.6 is 11.3 Å². The molecule has 0 aliphatic carbocycles. The standard InChI is InChI=1S/C17H29N3OS/c1-19(13-15-4-6-18-7-5-15)14-16(17-3-2-12-22-17)20-8-10-21-11-9-20/h2-3,12,15-16,18H,4-11,13-14H2,1H3. The first kappa shape index (κ1) is 16.4. The molecule has 1 atom stereocenters. The molecule has 5 heteroatoms. The predicted molar refractivity (Wildman–Crippen MR) is 92.5 cm³/mol. The normalized spacial score (nSPS) is 23.0. The van der Waals surface area contributed by atoms with Crippen LogP contribution < -0.4 is 5.32 Å². The third kappa shape index (κ3) is 4.52. The summed E-state index contributed by atoms with van der Waals surface area (Å²) in [6, 6.07) is 5.00. The van der Waals surface area contributed by atoms with Crippen LogP contribution in [0.2, 0.25) is 0 Å². The van der Waals surface area contributed by atoms with Gasteiger partial charge in [0.05, 0.1) is 19.3 Å². The number of thiophene rings is 1. The van der Waals surface area contributed by atoms with Crippen LogP contribution in [0.15, 0.2) is 17.5 Å². The van der Waals surface area contributed by atoms with Crippen LogP contribution in [0.1, 0.15) is 23.8 Å². The largest absolute Gasteiger partial charge is 0.379 e. The molecule has 1 N–H and O–H groups in total. The maximum absolute atomic E-state index is 5.53. The van der Waals surface area contributed by atoms with Gasteiger partial charge in [0, 0.05) is 31.1 Å². The highest BCUT2D eigenvalue weighted by Crippen LogP contribution is 2.27. The van der Waals surface area contributed by atoms with Gasteiger partial charge in [-0.3, -0.25) is 4.90 Å². The second-order valence-electron chi connectivity index (χ2n) is 6.59. The number of nitrogens with zero attached hydrogens (tertiary/aromatic N) is 2. The van der Waals surface area contributed by atoms with Gasteiger partial charge < -0.3 is 15.0 Å². The lowest BCUT2D eigenvalue weighted by Gasteiger charge is -2.37. The van der Waals surface area contributed by atoms with Gasteiger partial charge in [0.15, 0.2) is 0 Å². The van der Waals surface area contributed by atoms with E-state index in [1.807, 2.05) is 11.3 Å². The summed E-state index contributed by atoms with van der Waals surface area (Å²) in [4.78, 5) is 6.66. The molecule has 0 bridgehead atoms. The Morgan fingerprint density at radius 3 is 2.82 bits per heavy atom. The minimum atomic E-state index is 0.524. The quantitative estimate of drug-likeness (QED) is 0.867. The van der Waals surface area contributed by atoms with Crippen LogP contribution in [0.5, 0.6) is 0 Å². The van der Waals surface area contributed by atoms with Gasteiger partial charge in [0.25, 0.3) is 0 Å². The Labute approximate surface area is 138 Å². The number of hydrogen-bond donors (Lipinski definition) is 1. The summed E-state index contributed by atoms with van der Waals surface area (Å²) in [6.45, 7) is 8.61. The monoisotopic (exact) mass is 323 g/mol.